The molecule has 2 heteroatoms. The molecule has 0 amide bonds. The highest BCUT2D eigenvalue weighted by Gasteiger charge is 2.32. The van der Waals surface area contributed by atoms with Crippen LogP contribution in [0.25, 0.3) is 0 Å². The van der Waals surface area contributed by atoms with Gasteiger partial charge in [0.05, 0.1) is 0 Å². The van der Waals surface area contributed by atoms with Gasteiger partial charge in [0.15, 0.2) is 0 Å². The van der Waals surface area contributed by atoms with Gasteiger partial charge in [0.2, 0.25) is 0 Å². The third-order valence-electron chi connectivity index (χ3n) is 4.61. The van der Waals surface area contributed by atoms with Gasteiger partial charge in [-0.3, -0.25) is 0 Å². The molecule has 2 rings (SSSR count). The van der Waals surface area contributed by atoms with E-state index in [1.807, 2.05) is 0 Å². The normalized spacial score (nSPS) is 26.1. The van der Waals surface area contributed by atoms with Crippen molar-refractivity contribution in [1.29, 1.82) is 0 Å². The fourth-order valence-corrected chi connectivity index (χ4v) is 3.78. The molecule has 0 aromatic carbocycles. The van der Waals surface area contributed by atoms with Crippen LogP contribution in [0.4, 0.5) is 0 Å². The zero-order valence-corrected chi connectivity index (χ0v) is 11.2. The summed E-state index contributed by atoms with van der Waals surface area (Å²) in [5, 5.41) is 3.70. The van der Waals surface area contributed by atoms with E-state index in [0.29, 0.717) is 5.41 Å². The largest absolute Gasteiger partial charge is 0.316 e. The molecule has 0 aliphatic heterocycles. The van der Waals surface area contributed by atoms with E-state index < -0.39 is 0 Å². The first-order chi connectivity index (χ1) is 7.85. The maximum Gasteiger partial charge on any atom is 0.0292 e. The van der Waals surface area contributed by atoms with E-state index in [1.165, 1.54) is 64.3 Å². The standard InChI is InChI=1S/C14H26ClN/c15-11-14(8-4-5-9-14)12-16-10-13-6-2-1-3-7-13/h13,16H,1-12H2. The summed E-state index contributed by atoms with van der Waals surface area (Å²) in [4.78, 5) is 0. The smallest absolute Gasteiger partial charge is 0.0292 e. The van der Waals surface area contributed by atoms with Gasteiger partial charge >= 0.3 is 0 Å². The van der Waals surface area contributed by atoms with Crippen molar-refractivity contribution in [3.05, 3.63) is 0 Å². The summed E-state index contributed by atoms with van der Waals surface area (Å²) in [5.74, 6) is 1.80. The first kappa shape index (κ1) is 12.7. The predicted octanol–water partition coefficient (Wildman–Crippen LogP) is 3.96. The number of alkyl halides is 1. The third kappa shape index (κ3) is 3.37. The quantitative estimate of drug-likeness (QED) is 0.721. The Morgan fingerprint density at radius 3 is 2.31 bits per heavy atom. The Morgan fingerprint density at radius 2 is 1.69 bits per heavy atom. The molecule has 2 aliphatic rings. The van der Waals surface area contributed by atoms with Gasteiger partial charge in [-0.2, -0.15) is 0 Å². The van der Waals surface area contributed by atoms with Gasteiger partial charge in [-0.15, -0.1) is 11.6 Å². The molecule has 0 aromatic heterocycles. The lowest BCUT2D eigenvalue weighted by atomic mass is 9.87. The van der Waals surface area contributed by atoms with Crippen molar-refractivity contribution in [3.8, 4) is 0 Å². The number of hydrogen-bond donors (Lipinski definition) is 1. The highest BCUT2D eigenvalue weighted by atomic mass is 35.5. The van der Waals surface area contributed by atoms with Crippen LogP contribution in [0.15, 0.2) is 0 Å². The molecule has 94 valence electrons. The summed E-state index contributed by atoms with van der Waals surface area (Å²) >= 11 is 6.15. The van der Waals surface area contributed by atoms with Gasteiger partial charge in [0.1, 0.15) is 0 Å². The molecule has 0 unspecified atom stereocenters. The third-order valence-corrected chi connectivity index (χ3v) is 5.17. The monoisotopic (exact) mass is 243 g/mol. The Morgan fingerprint density at radius 1 is 1.00 bits per heavy atom. The zero-order valence-electron chi connectivity index (χ0n) is 10.4. The van der Waals surface area contributed by atoms with Crippen LogP contribution < -0.4 is 5.32 Å². The number of nitrogens with one attached hydrogen (secondary N) is 1. The van der Waals surface area contributed by atoms with Crippen LogP contribution in [-0.4, -0.2) is 19.0 Å². The van der Waals surface area contributed by atoms with Crippen molar-refractivity contribution in [1.82, 2.24) is 5.32 Å². The van der Waals surface area contributed by atoms with Crippen molar-refractivity contribution < 1.29 is 0 Å². The molecule has 2 aliphatic carbocycles. The van der Waals surface area contributed by atoms with Crippen LogP contribution >= 0.6 is 11.6 Å². The molecule has 0 saturated heterocycles. The van der Waals surface area contributed by atoms with Crippen molar-refractivity contribution in [2.24, 2.45) is 11.3 Å². The average Bonchev–Trinajstić information content (AvgIpc) is 2.80. The summed E-state index contributed by atoms with van der Waals surface area (Å²) in [6, 6.07) is 0. The van der Waals surface area contributed by atoms with Crippen LogP contribution in [0.5, 0.6) is 0 Å². The number of hydrogen-bond acceptors (Lipinski definition) is 1. The van der Waals surface area contributed by atoms with Gasteiger partial charge in [0.25, 0.3) is 0 Å². The van der Waals surface area contributed by atoms with Crippen molar-refractivity contribution in [2.75, 3.05) is 19.0 Å². The fourth-order valence-electron chi connectivity index (χ4n) is 3.42. The summed E-state index contributed by atoms with van der Waals surface area (Å²) in [5.41, 5.74) is 0.441. The van der Waals surface area contributed by atoms with E-state index in [1.54, 1.807) is 0 Å². The van der Waals surface area contributed by atoms with Gasteiger partial charge < -0.3 is 5.32 Å². The molecule has 16 heavy (non-hydrogen) atoms. The van der Waals surface area contributed by atoms with Crippen molar-refractivity contribution >= 4 is 11.6 Å². The summed E-state index contributed by atoms with van der Waals surface area (Å²) < 4.78 is 0. The molecule has 0 spiro atoms. The molecule has 0 radical (unpaired) electrons. The molecular formula is C14H26ClN. The number of halogens is 1. The van der Waals surface area contributed by atoms with Crippen LogP contribution in [-0.2, 0) is 0 Å². The Kier molecular flexibility index (Phi) is 4.97. The summed E-state index contributed by atoms with van der Waals surface area (Å²) in [6.07, 6.45) is 12.7. The van der Waals surface area contributed by atoms with E-state index >= 15 is 0 Å². The van der Waals surface area contributed by atoms with Gasteiger partial charge in [-0.1, -0.05) is 32.1 Å². The highest BCUT2D eigenvalue weighted by Crippen LogP contribution is 2.38. The van der Waals surface area contributed by atoms with Crippen LogP contribution in [0, 0.1) is 11.3 Å². The molecule has 2 saturated carbocycles. The number of rotatable bonds is 5. The van der Waals surface area contributed by atoms with E-state index in [2.05, 4.69) is 5.32 Å². The molecule has 0 aromatic rings. The Labute approximate surface area is 105 Å². The lowest BCUT2D eigenvalue weighted by Crippen LogP contribution is -2.36. The van der Waals surface area contributed by atoms with E-state index in [9.17, 15) is 0 Å². The minimum absolute atomic E-state index is 0.441. The second-order valence-electron chi connectivity index (χ2n) is 5.98. The molecule has 0 heterocycles. The lowest BCUT2D eigenvalue weighted by molar-refractivity contribution is 0.286. The van der Waals surface area contributed by atoms with Gasteiger partial charge in [-0.25, -0.2) is 0 Å². The minimum Gasteiger partial charge on any atom is -0.316 e. The first-order valence-corrected chi connectivity index (χ1v) is 7.65. The van der Waals surface area contributed by atoms with Crippen molar-refractivity contribution in [2.45, 2.75) is 57.8 Å². The topological polar surface area (TPSA) is 12.0 Å². The predicted molar refractivity (Wildman–Crippen MR) is 71.1 cm³/mol. The molecule has 0 atom stereocenters. The Balaban J connectivity index is 1.66. The second kappa shape index (κ2) is 6.26. The van der Waals surface area contributed by atoms with E-state index in [0.717, 1.165) is 18.3 Å². The maximum absolute atomic E-state index is 6.15. The molecular weight excluding hydrogens is 218 g/mol. The second-order valence-corrected chi connectivity index (χ2v) is 6.24. The lowest BCUT2D eigenvalue weighted by Gasteiger charge is -2.29. The van der Waals surface area contributed by atoms with Crippen LogP contribution in [0.3, 0.4) is 0 Å². The average molecular weight is 244 g/mol. The maximum atomic E-state index is 6.15. The Bertz CT molecular complexity index is 193. The van der Waals surface area contributed by atoms with Gasteiger partial charge in [0, 0.05) is 12.4 Å². The highest BCUT2D eigenvalue weighted by molar-refractivity contribution is 6.18. The fraction of sp³-hybridized carbons (Fsp3) is 1.00. The minimum atomic E-state index is 0.441. The van der Waals surface area contributed by atoms with Crippen LogP contribution in [0.2, 0.25) is 0 Å². The molecule has 1 nitrogen and oxygen atoms in total. The van der Waals surface area contributed by atoms with Gasteiger partial charge in [-0.05, 0) is 43.6 Å². The first-order valence-electron chi connectivity index (χ1n) is 7.11. The summed E-state index contributed by atoms with van der Waals surface area (Å²) in [6.45, 7) is 2.39. The summed E-state index contributed by atoms with van der Waals surface area (Å²) in [7, 11) is 0. The zero-order chi connectivity index (χ0) is 11.3. The van der Waals surface area contributed by atoms with E-state index in [-0.39, 0.29) is 0 Å². The SMILES string of the molecule is ClCC1(CNCC2CCCCC2)CCCC1. The Hall–Kier alpha value is 0.250. The molecule has 0 bridgehead atoms. The van der Waals surface area contributed by atoms with Crippen LogP contribution in [0.1, 0.15) is 57.8 Å². The molecule has 1 N–H and O–H groups in total. The van der Waals surface area contributed by atoms with E-state index in [4.69, 9.17) is 11.6 Å². The molecule has 2 fully saturated rings. The van der Waals surface area contributed by atoms with Crippen molar-refractivity contribution in [3.63, 3.8) is 0 Å².